The number of para-hydroxylation sites is 2. The molecule has 0 saturated heterocycles. The monoisotopic (exact) mass is 320 g/mol. The molecular formula is C18H28N2O3. The number of nitro groups is 1. The lowest BCUT2D eigenvalue weighted by Crippen LogP contribution is -2.12. The first-order chi connectivity index (χ1) is 11.1. The van der Waals surface area contributed by atoms with E-state index in [2.05, 4.69) is 12.2 Å². The lowest BCUT2D eigenvalue weighted by Gasteiger charge is -2.06. The molecule has 0 aromatic heterocycles. The zero-order valence-corrected chi connectivity index (χ0v) is 14.1. The van der Waals surface area contributed by atoms with Crippen molar-refractivity contribution in [2.75, 3.05) is 5.32 Å². The highest BCUT2D eigenvalue weighted by Crippen LogP contribution is 2.23. The van der Waals surface area contributed by atoms with Crippen LogP contribution < -0.4 is 5.32 Å². The summed E-state index contributed by atoms with van der Waals surface area (Å²) in [6, 6.07) is 6.23. The van der Waals surface area contributed by atoms with Gasteiger partial charge < -0.3 is 5.32 Å². The normalized spacial score (nSPS) is 10.5. The molecule has 1 aromatic carbocycles. The molecule has 1 aromatic rings. The Kier molecular flexibility index (Phi) is 9.68. The van der Waals surface area contributed by atoms with Crippen molar-refractivity contribution in [2.45, 2.75) is 71.1 Å². The van der Waals surface area contributed by atoms with Gasteiger partial charge in [0.2, 0.25) is 5.91 Å². The van der Waals surface area contributed by atoms with Gasteiger partial charge in [-0.25, -0.2) is 0 Å². The first-order valence-corrected chi connectivity index (χ1v) is 8.68. The van der Waals surface area contributed by atoms with Crippen molar-refractivity contribution >= 4 is 17.3 Å². The summed E-state index contributed by atoms with van der Waals surface area (Å²) in [6.45, 7) is 2.22. The molecule has 128 valence electrons. The minimum atomic E-state index is -0.478. The van der Waals surface area contributed by atoms with Crippen LogP contribution in [0.1, 0.15) is 71.1 Å². The number of rotatable bonds is 12. The fraction of sp³-hybridized carbons (Fsp3) is 0.611. The average molecular weight is 320 g/mol. The first kappa shape index (κ1) is 19.1. The van der Waals surface area contributed by atoms with Crippen LogP contribution >= 0.6 is 0 Å². The van der Waals surface area contributed by atoms with Gasteiger partial charge in [0, 0.05) is 12.5 Å². The Morgan fingerprint density at radius 2 is 1.57 bits per heavy atom. The molecule has 5 heteroatoms. The summed E-state index contributed by atoms with van der Waals surface area (Å²) in [7, 11) is 0. The van der Waals surface area contributed by atoms with E-state index in [0.29, 0.717) is 6.42 Å². The van der Waals surface area contributed by atoms with E-state index >= 15 is 0 Å². The maximum atomic E-state index is 11.9. The van der Waals surface area contributed by atoms with Crippen LogP contribution in [-0.4, -0.2) is 10.8 Å². The van der Waals surface area contributed by atoms with Gasteiger partial charge in [-0.15, -0.1) is 0 Å². The Hall–Kier alpha value is -1.91. The van der Waals surface area contributed by atoms with Crippen molar-refractivity contribution in [3.63, 3.8) is 0 Å². The van der Waals surface area contributed by atoms with Crippen molar-refractivity contribution < 1.29 is 9.72 Å². The Labute approximate surface area is 138 Å². The minimum Gasteiger partial charge on any atom is -0.320 e. The summed E-state index contributed by atoms with van der Waals surface area (Å²) in [4.78, 5) is 22.3. The number of hydrogen-bond donors (Lipinski definition) is 1. The quantitative estimate of drug-likeness (QED) is 0.316. The number of nitrogens with one attached hydrogen (secondary N) is 1. The number of anilines is 1. The van der Waals surface area contributed by atoms with Crippen LogP contribution in [0.5, 0.6) is 0 Å². The largest absolute Gasteiger partial charge is 0.320 e. The molecule has 0 aliphatic rings. The van der Waals surface area contributed by atoms with Crippen LogP contribution in [0.25, 0.3) is 0 Å². The molecule has 0 fully saturated rings. The Morgan fingerprint density at radius 1 is 1.00 bits per heavy atom. The van der Waals surface area contributed by atoms with Gasteiger partial charge in [0.1, 0.15) is 5.69 Å². The molecule has 0 aliphatic carbocycles. The van der Waals surface area contributed by atoms with Gasteiger partial charge in [0.25, 0.3) is 5.69 Å². The van der Waals surface area contributed by atoms with E-state index in [4.69, 9.17) is 0 Å². The van der Waals surface area contributed by atoms with Crippen LogP contribution in [0.4, 0.5) is 11.4 Å². The predicted octanol–water partition coefficient (Wildman–Crippen LogP) is 5.45. The summed E-state index contributed by atoms with van der Waals surface area (Å²) in [5, 5.41) is 13.5. The fourth-order valence-electron chi connectivity index (χ4n) is 2.55. The standard InChI is InChI=1S/C18H28N2O3/c1-2-3-4-5-6-7-8-9-10-15-18(21)19-16-13-11-12-14-17(16)20(22)23/h11-14H,2-10,15H2,1H3,(H,19,21). The number of hydrogen-bond acceptors (Lipinski definition) is 3. The van der Waals surface area contributed by atoms with Crippen molar-refractivity contribution in [2.24, 2.45) is 0 Å². The molecule has 1 rings (SSSR count). The van der Waals surface area contributed by atoms with Crippen LogP contribution in [0.3, 0.4) is 0 Å². The van der Waals surface area contributed by atoms with Gasteiger partial charge in [-0.2, -0.15) is 0 Å². The molecule has 5 nitrogen and oxygen atoms in total. The van der Waals surface area contributed by atoms with E-state index in [-0.39, 0.29) is 17.3 Å². The molecule has 0 radical (unpaired) electrons. The lowest BCUT2D eigenvalue weighted by molar-refractivity contribution is -0.383. The van der Waals surface area contributed by atoms with E-state index < -0.39 is 4.92 Å². The van der Waals surface area contributed by atoms with Gasteiger partial charge in [-0.3, -0.25) is 14.9 Å². The molecule has 1 amide bonds. The highest BCUT2D eigenvalue weighted by atomic mass is 16.6. The number of nitro benzene ring substituents is 1. The van der Waals surface area contributed by atoms with Crippen LogP contribution in [0.2, 0.25) is 0 Å². The molecule has 0 spiro atoms. The SMILES string of the molecule is CCCCCCCCCCCC(=O)Nc1ccccc1[N+](=O)[O-]. The second-order valence-corrected chi connectivity index (χ2v) is 5.90. The van der Waals surface area contributed by atoms with Gasteiger partial charge in [0.05, 0.1) is 4.92 Å². The summed E-state index contributed by atoms with van der Waals surface area (Å²) in [5.41, 5.74) is 0.214. The Balaban J connectivity index is 2.15. The smallest absolute Gasteiger partial charge is 0.292 e. The maximum absolute atomic E-state index is 11.9. The Morgan fingerprint density at radius 3 is 2.17 bits per heavy atom. The van der Waals surface area contributed by atoms with Crippen LogP contribution in [0.15, 0.2) is 24.3 Å². The number of nitrogens with zero attached hydrogens (tertiary/aromatic N) is 1. The minimum absolute atomic E-state index is 0.0621. The van der Waals surface area contributed by atoms with Gasteiger partial charge in [0.15, 0.2) is 0 Å². The van der Waals surface area contributed by atoms with E-state index in [1.165, 1.54) is 44.6 Å². The third-order valence-corrected chi connectivity index (χ3v) is 3.88. The summed E-state index contributed by atoms with van der Waals surface area (Å²) >= 11 is 0. The van der Waals surface area contributed by atoms with E-state index in [1.54, 1.807) is 18.2 Å². The number of carbonyl (C=O) groups is 1. The van der Waals surface area contributed by atoms with Crippen molar-refractivity contribution in [1.82, 2.24) is 0 Å². The van der Waals surface area contributed by atoms with E-state index in [1.807, 2.05) is 0 Å². The number of unbranched alkanes of at least 4 members (excludes halogenated alkanes) is 8. The average Bonchev–Trinajstić information content (AvgIpc) is 2.53. The molecule has 1 N–H and O–H groups in total. The zero-order valence-electron chi connectivity index (χ0n) is 14.1. The molecule has 0 aliphatic heterocycles. The molecule has 0 unspecified atom stereocenters. The molecule has 0 bridgehead atoms. The number of carbonyl (C=O) groups excluding carboxylic acids is 1. The summed E-state index contributed by atoms with van der Waals surface area (Å²) in [6.07, 6.45) is 11.2. The first-order valence-electron chi connectivity index (χ1n) is 8.68. The van der Waals surface area contributed by atoms with Gasteiger partial charge in [-0.1, -0.05) is 70.4 Å². The highest BCUT2D eigenvalue weighted by Gasteiger charge is 2.14. The van der Waals surface area contributed by atoms with E-state index in [9.17, 15) is 14.9 Å². The van der Waals surface area contributed by atoms with Crippen molar-refractivity contribution in [1.29, 1.82) is 0 Å². The molecule has 0 saturated carbocycles. The summed E-state index contributed by atoms with van der Waals surface area (Å²) in [5.74, 6) is -0.151. The van der Waals surface area contributed by atoms with Crippen LogP contribution in [0, 0.1) is 10.1 Å². The molecular weight excluding hydrogens is 292 g/mol. The lowest BCUT2D eigenvalue weighted by atomic mass is 10.1. The van der Waals surface area contributed by atoms with Crippen molar-refractivity contribution in [3.05, 3.63) is 34.4 Å². The van der Waals surface area contributed by atoms with Gasteiger partial charge >= 0.3 is 0 Å². The van der Waals surface area contributed by atoms with E-state index in [0.717, 1.165) is 19.3 Å². The Bertz CT molecular complexity index is 489. The van der Waals surface area contributed by atoms with Gasteiger partial charge in [-0.05, 0) is 12.5 Å². The number of amides is 1. The second kappa shape index (κ2) is 11.6. The third kappa shape index (κ3) is 8.33. The van der Waals surface area contributed by atoms with Crippen molar-refractivity contribution in [3.8, 4) is 0 Å². The topological polar surface area (TPSA) is 72.2 Å². The second-order valence-electron chi connectivity index (χ2n) is 5.90. The third-order valence-electron chi connectivity index (χ3n) is 3.88. The highest BCUT2D eigenvalue weighted by molar-refractivity contribution is 5.92. The molecule has 0 atom stereocenters. The fourth-order valence-corrected chi connectivity index (χ4v) is 2.55. The maximum Gasteiger partial charge on any atom is 0.292 e. The molecule has 0 heterocycles. The predicted molar refractivity (Wildman–Crippen MR) is 93.6 cm³/mol. The molecule has 23 heavy (non-hydrogen) atoms. The zero-order chi connectivity index (χ0) is 16.9. The number of benzene rings is 1. The summed E-state index contributed by atoms with van der Waals surface area (Å²) < 4.78 is 0. The van der Waals surface area contributed by atoms with Crippen LogP contribution in [-0.2, 0) is 4.79 Å².